The molecule has 2 aromatic carbocycles. The molecule has 0 amide bonds. The Morgan fingerprint density at radius 1 is 1.06 bits per heavy atom. The van der Waals surface area contributed by atoms with E-state index in [-0.39, 0.29) is 6.04 Å². The third-order valence-corrected chi connectivity index (χ3v) is 3.14. The molecule has 2 rings (SSSR count). The third-order valence-electron chi connectivity index (χ3n) is 2.79. The lowest BCUT2D eigenvalue weighted by atomic mass is 9.99. The Bertz CT molecular complexity index is 527. The van der Waals surface area contributed by atoms with E-state index in [4.69, 9.17) is 22.1 Å². The quantitative estimate of drug-likeness (QED) is 0.909. The van der Waals surface area contributed by atoms with Crippen molar-refractivity contribution < 1.29 is 4.74 Å². The molecule has 0 aliphatic carbocycles. The minimum atomic E-state index is -0.276. The van der Waals surface area contributed by atoms with E-state index >= 15 is 0 Å². The van der Waals surface area contributed by atoms with Gasteiger partial charge in [-0.25, -0.2) is 0 Å². The van der Waals surface area contributed by atoms with E-state index in [0.29, 0.717) is 11.6 Å². The van der Waals surface area contributed by atoms with Crippen LogP contribution in [-0.2, 0) is 0 Å². The average Bonchev–Trinajstić information content (AvgIpc) is 2.40. The average molecular weight is 262 g/mol. The molecular formula is C15H16ClNO. The molecule has 3 heteroatoms. The van der Waals surface area contributed by atoms with E-state index < -0.39 is 0 Å². The Hall–Kier alpha value is -1.51. The molecule has 0 aliphatic heterocycles. The van der Waals surface area contributed by atoms with Crippen LogP contribution in [0.4, 0.5) is 0 Å². The van der Waals surface area contributed by atoms with E-state index in [2.05, 4.69) is 0 Å². The molecule has 2 N–H and O–H groups in total. The van der Waals surface area contributed by atoms with Gasteiger partial charge in [0.05, 0.1) is 12.6 Å². The van der Waals surface area contributed by atoms with Gasteiger partial charge in [-0.15, -0.1) is 0 Å². The van der Waals surface area contributed by atoms with Gasteiger partial charge in [0, 0.05) is 10.6 Å². The minimum absolute atomic E-state index is 0.276. The molecule has 0 spiro atoms. The maximum absolute atomic E-state index is 6.28. The van der Waals surface area contributed by atoms with Crippen LogP contribution in [-0.4, -0.2) is 6.61 Å². The highest BCUT2D eigenvalue weighted by Crippen LogP contribution is 2.31. The van der Waals surface area contributed by atoms with Gasteiger partial charge in [0.25, 0.3) is 0 Å². The van der Waals surface area contributed by atoms with E-state index in [9.17, 15) is 0 Å². The van der Waals surface area contributed by atoms with Crippen LogP contribution in [0, 0.1) is 0 Å². The number of para-hydroxylation sites is 1. The minimum Gasteiger partial charge on any atom is -0.494 e. The van der Waals surface area contributed by atoms with Crippen molar-refractivity contribution in [2.24, 2.45) is 5.73 Å². The highest BCUT2D eigenvalue weighted by Gasteiger charge is 2.15. The molecule has 0 saturated heterocycles. The van der Waals surface area contributed by atoms with Crippen molar-refractivity contribution >= 4 is 11.6 Å². The number of ether oxygens (including phenoxy) is 1. The van der Waals surface area contributed by atoms with Crippen LogP contribution in [0.2, 0.25) is 5.02 Å². The number of halogens is 1. The fourth-order valence-electron chi connectivity index (χ4n) is 1.92. The van der Waals surface area contributed by atoms with Gasteiger partial charge in [0.2, 0.25) is 0 Å². The molecular weight excluding hydrogens is 246 g/mol. The molecule has 1 unspecified atom stereocenters. The molecule has 0 saturated carbocycles. The second-order valence-corrected chi connectivity index (χ2v) is 4.38. The lowest BCUT2D eigenvalue weighted by molar-refractivity contribution is 0.335. The summed E-state index contributed by atoms with van der Waals surface area (Å²) in [5.41, 5.74) is 8.14. The summed E-state index contributed by atoms with van der Waals surface area (Å²) < 4.78 is 5.60. The molecule has 0 aromatic heterocycles. The lowest BCUT2D eigenvalue weighted by Gasteiger charge is -2.17. The third kappa shape index (κ3) is 2.66. The standard InChI is InChI=1S/C15H16ClNO/c1-2-18-14-10-6-4-8-12(14)15(17)11-7-3-5-9-13(11)16/h3-10,15H,2,17H2,1H3. The predicted octanol–water partition coefficient (Wildman–Crippen LogP) is 3.79. The van der Waals surface area contributed by atoms with Crippen LogP contribution in [0.25, 0.3) is 0 Å². The summed E-state index contributed by atoms with van der Waals surface area (Å²) in [6.07, 6.45) is 0. The Labute approximate surface area is 112 Å². The van der Waals surface area contributed by atoms with Crippen molar-refractivity contribution in [3.63, 3.8) is 0 Å². The second kappa shape index (κ2) is 5.89. The fraction of sp³-hybridized carbons (Fsp3) is 0.200. The number of hydrogen-bond donors (Lipinski definition) is 1. The Morgan fingerprint density at radius 3 is 2.33 bits per heavy atom. The maximum atomic E-state index is 6.28. The summed E-state index contributed by atoms with van der Waals surface area (Å²) in [5.74, 6) is 0.812. The van der Waals surface area contributed by atoms with Gasteiger partial charge in [-0.3, -0.25) is 0 Å². The molecule has 2 aromatic rings. The Morgan fingerprint density at radius 2 is 1.67 bits per heavy atom. The number of rotatable bonds is 4. The predicted molar refractivity (Wildman–Crippen MR) is 75.1 cm³/mol. The second-order valence-electron chi connectivity index (χ2n) is 3.97. The topological polar surface area (TPSA) is 35.2 Å². The van der Waals surface area contributed by atoms with E-state index in [1.807, 2.05) is 55.5 Å². The van der Waals surface area contributed by atoms with Crippen molar-refractivity contribution in [3.05, 3.63) is 64.7 Å². The normalized spacial score (nSPS) is 12.2. The highest BCUT2D eigenvalue weighted by molar-refractivity contribution is 6.31. The lowest BCUT2D eigenvalue weighted by Crippen LogP contribution is -2.14. The smallest absolute Gasteiger partial charge is 0.124 e. The summed E-state index contributed by atoms with van der Waals surface area (Å²) >= 11 is 6.18. The molecule has 0 bridgehead atoms. The molecule has 94 valence electrons. The summed E-state index contributed by atoms with van der Waals surface area (Å²) in [5, 5.41) is 0.677. The SMILES string of the molecule is CCOc1ccccc1C(N)c1ccccc1Cl. The number of nitrogens with two attached hydrogens (primary N) is 1. The summed E-state index contributed by atoms with van der Waals surface area (Å²) in [6, 6.07) is 15.1. The summed E-state index contributed by atoms with van der Waals surface area (Å²) in [4.78, 5) is 0. The first kappa shape index (κ1) is 12.9. The van der Waals surface area contributed by atoms with E-state index in [1.54, 1.807) is 0 Å². The molecule has 0 heterocycles. The van der Waals surface area contributed by atoms with Gasteiger partial charge in [0.15, 0.2) is 0 Å². The first-order valence-corrected chi connectivity index (χ1v) is 6.33. The van der Waals surface area contributed by atoms with Gasteiger partial charge in [-0.1, -0.05) is 48.0 Å². The first-order chi connectivity index (χ1) is 8.74. The van der Waals surface area contributed by atoms with Crippen LogP contribution >= 0.6 is 11.6 Å². The van der Waals surface area contributed by atoms with Crippen molar-refractivity contribution in [2.45, 2.75) is 13.0 Å². The number of benzene rings is 2. The van der Waals surface area contributed by atoms with Gasteiger partial charge >= 0.3 is 0 Å². The van der Waals surface area contributed by atoms with Crippen LogP contribution in [0.3, 0.4) is 0 Å². The zero-order valence-corrected chi connectivity index (χ0v) is 11.0. The Kier molecular flexibility index (Phi) is 4.24. The molecule has 18 heavy (non-hydrogen) atoms. The molecule has 1 atom stereocenters. The van der Waals surface area contributed by atoms with Crippen molar-refractivity contribution in [1.82, 2.24) is 0 Å². The van der Waals surface area contributed by atoms with Crippen molar-refractivity contribution in [3.8, 4) is 5.75 Å². The molecule has 2 nitrogen and oxygen atoms in total. The van der Waals surface area contributed by atoms with Crippen LogP contribution in [0.1, 0.15) is 24.1 Å². The Balaban J connectivity index is 2.40. The fourth-order valence-corrected chi connectivity index (χ4v) is 2.17. The van der Waals surface area contributed by atoms with E-state index in [1.165, 1.54) is 0 Å². The zero-order valence-electron chi connectivity index (χ0n) is 10.3. The van der Waals surface area contributed by atoms with Gasteiger partial charge < -0.3 is 10.5 Å². The van der Waals surface area contributed by atoms with Gasteiger partial charge in [-0.05, 0) is 24.6 Å². The zero-order chi connectivity index (χ0) is 13.0. The maximum Gasteiger partial charge on any atom is 0.124 e. The van der Waals surface area contributed by atoms with E-state index in [0.717, 1.165) is 16.9 Å². The van der Waals surface area contributed by atoms with Crippen LogP contribution in [0.15, 0.2) is 48.5 Å². The summed E-state index contributed by atoms with van der Waals surface area (Å²) in [7, 11) is 0. The monoisotopic (exact) mass is 261 g/mol. The van der Waals surface area contributed by atoms with Crippen LogP contribution in [0.5, 0.6) is 5.75 Å². The van der Waals surface area contributed by atoms with Gasteiger partial charge in [0.1, 0.15) is 5.75 Å². The first-order valence-electron chi connectivity index (χ1n) is 5.95. The number of hydrogen-bond acceptors (Lipinski definition) is 2. The van der Waals surface area contributed by atoms with Crippen molar-refractivity contribution in [1.29, 1.82) is 0 Å². The molecule has 0 aliphatic rings. The molecule has 0 fully saturated rings. The highest BCUT2D eigenvalue weighted by atomic mass is 35.5. The van der Waals surface area contributed by atoms with Gasteiger partial charge in [-0.2, -0.15) is 0 Å². The summed E-state index contributed by atoms with van der Waals surface area (Å²) in [6.45, 7) is 2.57. The molecule has 0 radical (unpaired) electrons. The largest absolute Gasteiger partial charge is 0.494 e. The van der Waals surface area contributed by atoms with Crippen molar-refractivity contribution in [2.75, 3.05) is 6.61 Å². The van der Waals surface area contributed by atoms with Crippen LogP contribution < -0.4 is 10.5 Å².